The molecule has 1 saturated heterocycles. The van der Waals surface area contributed by atoms with Gasteiger partial charge in [-0.25, -0.2) is 12.7 Å². The number of sulfonamides is 1. The van der Waals surface area contributed by atoms with E-state index in [4.69, 9.17) is 0 Å². The van der Waals surface area contributed by atoms with Gasteiger partial charge in [0.25, 0.3) is 0 Å². The van der Waals surface area contributed by atoms with Crippen molar-refractivity contribution in [3.63, 3.8) is 0 Å². The molecular formula is C19H26N2O3S. The molecule has 136 valence electrons. The zero-order chi connectivity index (χ0) is 18.0. The largest absolute Gasteiger partial charge is 0.358 e. The molecule has 0 aliphatic carbocycles. The minimum Gasteiger partial charge on any atom is -0.358 e. The van der Waals surface area contributed by atoms with Crippen LogP contribution in [0.1, 0.15) is 37.4 Å². The topological polar surface area (TPSA) is 70.2 Å². The van der Waals surface area contributed by atoms with E-state index in [-0.39, 0.29) is 11.2 Å². The normalized spacial score (nSPS) is 17.2. The van der Waals surface area contributed by atoms with Gasteiger partial charge in [-0.1, -0.05) is 12.1 Å². The van der Waals surface area contributed by atoms with Crippen molar-refractivity contribution in [1.82, 2.24) is 9.29 Å². The number of nitrogens with one attached hydrogen (secondary N) is 1. The molecule has 2 aromatic rings. The van der Waals surface area contributed by atoms with E-state index in [0.717, 1.165) is 47.8 Å². The van der Waals surface area contributed by atoms with Gasteiger partial charge in [0, 0.05) is 35.2 Å². The highest BCUT2D eigenvalue weighted by Gasteiger charge is 2.26. The van der Waals surface area contributed by atoms with Crippen LogP contribution in [0.5, 0.6) is 0 Å². The first-order valence-corrected chi connectivity index (χ1v) is 10.6. The SMILES string of the molecule is CCS(=O)(=O)N1CCC(CCc2[nH]c3ccccc3c(=O)c2C)CC1. The van der Waals surface area contributed by atoms with Gasteiger partial charge in [0.15, 0.2) is 5.43 Å². The molecule has 0 spiro atoms. The van der Waals surface area contributed by atoms with Gasteiger partial charge < -0.3 is 4.98 Å². The number of para-hydroxylation sites is 1. The molecule has 0 saturated carbocycles. The maximum absolute atomic E-state index is 12.5. The van der Waals surface area contributed by atoms with Crippen LogP contribution in [0.25, 0.3) is 10.9 Å². The van der Waals surface area contributed by atoms with Crippen LogP contribution in [0.2, 0.25) is 0 Å². The van der Waals surface area contributed by atoms with Gasteiger partial charge in [0.1, 0.15) is 0 Å². The summed E-state index contributed by atoms with van der Waals surface area (Å²) in [6.07, 6.45) is 3.61. The Morgan fingerprint density at radius 1 is 1.20 bits per heavy atom. The molecule has 1 aromatic heterocycles. The molecule has 1 aromatic carbocycles. The Balaban J connectivity index is 1.66. The lowest BCUT2D eigenvalue weighted by atomic mass is 9.91. The standard InChI is InChI=1S/C19H26N2O3S/c1-3-25(23,24)21-12-10-15(11-13-21)8-9-17-14(2)19(22)16-6-4-5-7-18(16)20-17/h4-7,15H,3,8-13H2,1-2H3,(H,20,22). The Bertz CT molecular complexity index is 910. The van der Waals surface area contributed by atoms with Gasteiger partial charge in [-0.05, 0) is 57.6 Å². The monoisotopic (exact) mass is 362 g/mol. The Hall–Kier alpha value is -1.66. The number of aromatic nitrogens is 1. The van der Waals surface area contributed by atoms with E-state index in [2.05, 4.69) is 4.98 Å². The number of nitrogens with zero attached hydrogens (tertiary/aromatic N) is 1. The predicted molar refractivity (Wildman–Crippen MR) is 101 cm³/mol. The molecule has 25 heavy (non-hydrogen) atoms. The third kappa shape index (κ3) is 3.80. The van der Waals surface area contributed by atoms with Crippen LogP contribution in [0.3, 0.4) is 0 Å². The lowest BCUT2D eigenvalue weighted by molar-refractivity contribution is 0.263. The summed E-state index contributed by atoms with van der Waals surface area (Å²) in [5.74, 6) is 0.688. The van der Waals surface area contributed by atoms with E-state index >= 15 is 0 Å². The van der Waals surface area contributed by atoms with Crippen LogP contribution < -0.4 is 5.43 Å². The third-order valence-electron chi connectivity index (χ3n) is 5.38. The summed E-state index contributed by atoms with van der Waals surface area (Å²) in [6, 6.07) is 7.61. The second kappa shape index (κ2) is 7.30. The Morgan fingerprint density at radius 2 is 1.88 bits per heavy atom. The summed E-state index contributed by atoms with van der Waals surface area (Å²) in [6.45, 7) is 4.82. The molecule has 1 fully saturated rings. The van der Waals surface area contributed by atoms with Gasteiger partial charge >= 0.3 is 0 Å². The van der Waals surface area contributed by atoms with Crippen molar-refractivity contribution in [3.8, 4) is 0 Å². The third-order valence-corrected chi connectivity index (χ3v) is 7.27. The van der Waals surface area contributed by atoms with Crippen molar-refractivity contribution >= 4 is 20.9 Å². The van der Waals surface area contributed by atoms with Crippen LogP contribution >= 0.6 is 0 Å². The molecule has 2 heterocycles. The number of hydrogen-bond acceptors (Lipinski definition) is 3. The second-order valence-electron chi connectivity index (χ2n) is 6.88. The number of H-pyrrole nitrogens is 1. The van der Waals surface area contributed by atoms with Crippen LogP contribution in [-0.2, 0) is 16.4 Å². The van der Waals surface area contributed by atoms with Crippen molar-refractivity contribution < 1.29 is 8.42 Å². The maximum Gasteiger partial charge on any atom is 0.213 e. The first-order valence-electron chi connectivity index (χ1n) is 9.00. The summed E-state index contributed by atoms with van der Waals surface area (Å²) in [4.78, 5) is 15.9. The van der Waals surface area contributed by atoms with Gasteiger partial charge in [-0.2, -0.15) is 0 Å². The van der Waals surface area contributed by atoms with Crippen LogP contribution in [0.4, 0.5) is 0 Å². The number of aromatic amines is 1. The van der Waals surface area contributed by atoms with Gasteiger partial charge in [0.05, 0.1) is 5.75 Å². The van der Waals surface area contributed by atoms with Crippen molar-refractivity contribution in [1.29, 1.82) is 0 Å². The van der Waals surface area contributed by atoms with E-state index in [9.17, 15) is 13.2 Å². The number of hydrogen-bond donors (Lipinski definition) is 1. The van der Waals surface area contributed by atoms with Crippen LogP contribution in [0, 0.1) is 12.8 Å². The van der Waals surface area contributed by atoms with E-state index in [1.807, 2.05) is 31.2 Å². The molecule has 1 aliphatic heterocycles. The van der Waals surface area contributed by atoms with Gasteiger partial charge in [0.2, 0.25) is 10.0 Å². The first-order chi connectivity index (χ1) is 11.9. The molecule has 6 heteroatoms. The highest BCUT2D eigenvalue weighted by atomic mass is 32.2. The van der Waals surface area contributed by atoms with Gasteiger partial charge in [-0.15, -0.1) is 0 Å². The zero-order valence-electron chi connectivity index (χ0n) is 14.9. The first kappa shape index (κ1) is 18.1. The lowest BCUT2D eigenvalue weighted by Crippen LogP contribution is -2.39. The van der Waals surface area contributed by atoms with Crippen LogP contribution in [-0.4, -0.2) is 36.5 Å². The van der Waals surface area contributed by atoms with Crippen molar-refractivity contribution in [2.45, 2.75) is 39.5 Å². The quantitative estimate of drug-likeness (QED) is 0.889. The van der Waals surface area contributed by atoms with E-state index in [0.29, 0.717) is 19.0 Å². The number of benzene rings is 1. The number of rotatable bonds is 5. The average Bonchev–Trinajstić information content (AvgIpc) is 2.64. The number of pyridine rings is 1. The zero-order valence-corrected chi connectivity index (χ0v) is 15.7. The number of piperidine rings is 1. The fourth-order valence-corrected chi connectivity index (χ4v) is 4.77. The lowest BCUT2D eigenvalue weighted by Gasteiger charge is -2.31. The Morgan fingerprint density at radius 3 is 2.56 bits per heavy atom. The van der Waals surface area contributed by atoms with Crippen molar-refractivity contribution in [2.24, 2.45) is 5.92 Å². The summed E-state index contributed by atoms with van der Waals surface area (Å²) < 4.78 is 25.5. The molecule has 3 rings (SSSR count). The molecule has 5 nitrogen and oxygen atoms in total. The molecule has 0 atom stereocenters. The smallest absolute Gasteiger partial charge is 0.213 e. The van der Waals surface area contributed by atoms with E-state index < -0.39 is 10.0 Å². The summed E-state index contributed by atoms with van der Waals surface area (Å²) in [5, 5.41) is 0.738. The summed E-state index contributed by atoms with van der Waals surface area (Å²) >= 11 is 0. The van der Waals surface area contributed by atoms with Crippen LogP contribution in [0.15, 0.2) is 29.1 Å². The number of fused-ring (bicyclic) bond motifs is 1. The highest BCUT2D eigenvalue weighted by Crippen LogP contribution is 2.24. The average molecular weight is 362 g/mol. The van der Waals surface area contributed by atoms with Gasteiger partial charge in [-0.3, -0.25) is 4.79 Å². The van der Waals surface area contributed by atoms with E-state index in [1.54, 1.807) is 11.2 Å². The number of aryl methyl sites for hydroxylation is 1. The fraction of sp³-hybridized carbons (Fsp3) is 0.526. The van der Waals surface area contributed by atoms with E-state index in [1.165, 1.54) is 0 Å². The van der Waals surface area contributed by atoms with Crippen molar-refractivity contribution in [3.05, 3.63) is 45.7 Å². The molecule has 0 amide bonds. The van der Waals surface area contributed by atoms with Crippen molar-refractivity contribution in [2.75, 3.05) is 18.8 Å². The predicted octanol–water partition coefficient (Wildman–Crippen LogP) is 2.83. The highest BCUT2D eigenvalue weighted by molar-refractivity contribution is 7.89. The molecule has 1 N–H and O–H groups in total. The molecular weight excluding hydrogens is 336 g/mol. The minimum atomic E-state index is -3.06. The summed E-state index contributed by atoms with van der Waals surface area (Å²) in [5.41, 5.74) is 2.79. The minimum absolute atomic E-state index is 0.105. The maximum atomic E-state index is 12.5. The Kier molecular flexibility index (Phi) is 5.29. The molecule has 1 aliphatic rings. The fourth-order valence-electron chi connectivity index (χ4n) is 3.64. The molecule has 0 bridgehead atoms. The molecule has 0 unspecified atom stereocenters. The Labute approximate surface area is 149 Å². The molecule has 0 radical (unpaired) electrons. The second-order valence-corrected chi connectivity index (χ2v) is 9.14. The summed E-state index contributed by atoms with van der Waals surface area (Å²) in [7, 11) is -3.06.